The van der Waals surface area contributed by atoms with E-state index in [2.05, 4.69) is 21.1 Å². The molecule has 2 heterocycles. The molecule has 0 radical (unpaired) electrons. The molecule has 1 N–H and O–H groups in total. The Morgan fingerprint density at radius 2 is 1.89 bits per heavy atom. The van der Waals surface area contributed by atoms with E-state index in [1.165, 1.54) is 5.56 Å². The maximum atomic E-state index is 10.5. The molecule has 6 heteroatoms. The van der Waals surface area contributed by atoms with Gasteiger partial charge in [0.05, 0.1) is 12.6 Å². The number of aromatic nitrogens is 2. The van der Waals surface area contributed by atoms with E-state index in [0.717, 1.165) is 39.1 Å². The van der Waals surface area contributed by atoms with E-state index in [9.17, 15) is 4.79 Å². The first-order valence-corrected chi connectivity index (χ1v) is 6.77. The highest BCUT2D eigenvalue weighted by atomic mass is 16.4. The van der Waals surface area contributed by atoms with Crippen LogP contribution in [0.15, 0.2) is 12.4 Å². The summed E-state index contributed by atoms with van der Waals surface area (Å²) in [4.78, 5) is 15.2. The highest BCUT2D eigenvalue weighted by molar-refractivity contribution is 5.66. The number of aryl methyl sites for hydroxylation is 1. The van der Waals surface area contributed by atoms with Crippen LogP contribution in [0.4, 0.5) is 0 Å². The molecule has 1 fully saturated rings. The molecule has 6 nitrogen and oxygen atoms in total. The molecule has 1 aromatic rings. The summed E-state index contributed by atoms with van der Waals surface area (Å²) in [5.41, 5.74) is 1.27. The van der Waals surface area contributed by atoms with Crippen LogP contribution in [0.2, 0.25) is 0 Å². The Labute approximate surface area is 113 Å². The van der Waals surface area contributed by atoms with Crippen LogP contribution in [0.1, 0.15) is 12.0 Å². The smallest absolute Gasteiger partial charge is 0.304 e. The second kappa shape index (κ2) is 6.68. The second-order valence-electron chi connectivity index (χ2n) is 5.10. The maximum absolute atomic E-state index is 10.5. The molecule has 0 spiro atoms. The minimum Gasteiger partial charge on any atom is -0.481 e. The number of rotatable bonds is 6. The Balaban J connectivity index is 1.64. The third-order valence-electron chi connectivity index (χ3n) is 3.58. The largest absolute Gasteiger partial charge is 0.481 e. The standard InChI is InChI=1S/C13H22N4O2/c1-15-11-12(10-14-15)2-4-16-6-8-17(9-7-16)5-3-13(18)19/h10-11H,2-9H2,1H3,(H,18,19). The predicted octanol–water partition coefficient (Wildman–Crippen LogP) is 0.0549. The molecule has 0 saturated carbocycles. The van der Waals surface area contributed by atoms with Crippen molar-refractivity contribution < 1.29 is 9.90 Å². The minimum atomic E-state index is -0.709. The molecule has 19 heavy (non-hydrogen) atoms. The zero-order valence-corrected chi connectivity index (χ0v) is 11.5. The Morgan fingerprint density at radius 1 is 1.26 bits per heavy atom. The average molecular weight is 266 g/mol. The molecule has 1 aromatic heterocycles. The van der Waals surface area contributed by atoms with Gasteiger partial charge >= 0.3 is 5.97 Å². The van der Waals surface area contributed by atoms with Crippen molar-refractivity contribution in [3.63, 3.8) is 0 Å². The topological polar surface area (TPSA) is 61.6 Å². The number of carboxylic acid groups (broad SMARTS) is 1. The summed E-state index contributed by atoms with van der Waals surface area (Å²) in [6, 6.07) is 0. The lowest BCUT2D eigenvalue weighted by molar-refractivity contribution is -0.137. The van der Waals surface area contributed by atoms with E-state index >= 15 is 0 Å². The number of nitrogens with zero attached hydrogens (tertiary/aromatic N) is 4. The molecule has 0 bridgehead atoms. The number of aliphatic carboxylic acids is 1. The molecule has 0 aromatic carbocycles. The first kappa shape index (κ1) is 14.0. The van der Waals surface area contributed by atoms with Gasteiger partial charge in [0, 0.05) is 52.5 Å². The molecule has 0 atom stereocenters. The third kappa shape index (κ3) is 4.65. The van der Waals surface area contributed by atoms with Gasteiger partial charge in [-0.2, -0.15) is 5.10 Å². The van der Waals surface area contributed by atoms with E-state index in [1.54, 1.807) is 0 Å². The molecule has 0 aliphatic carbocycles. The van der Waals surface area contributed by atoms with Crippen LogP contribution in [0.3, 0.4) is 0 Å². The van der Waals surface area contributed by atoms with Gasteiger partial charge in [0.1, 0.15) is 0 Å². The van der Waals surface area contributed by atoms with Crippen LogP contribution in [0.5, 0.6) is 0 Å². The molecular formula is C13H22N4O2. The zero-order chi connectivity index (χ0) is 13.7. The van der Waals surface area contributed by atoms with Crippen molar-refractivity contribution in [1.29, 1.82) is 0 Å². The summed E-state index contributed by atoms with van der Waals surface area (Å²) < 4.78 is 1.83. The summed E-state index contributed by atoms with van der Waals surface area (Å²) in [7, 11) is 1.94. The van der Waals surface area contributed by atoms with Crippen LogP contribution < -0.4 is 0 Å². The van der Waals surface area contributed by atoms with Gasteiger partial charge in [-0.1, -0.05) is 0 Å². The van der Waals surface area contributed by atoms with Crippen molar-refractivity contribution in [3.8, 4) is 0 Å². The van der Waals surface area contributed by atoms with Gasteiger partial charge in [-0.25, -0.2) is 0 Å². The maximum Gasteiger partial charge on any atom is 0.304 e. The SMILES string of the molecule is Cn1cc(CCN2CCN(CCC(=O)O)CC2)cn1. The Hall–Kier alpha value is -1.40. The van der Waals surface area contributed by atoms with E-state index in [1.807, 2.05) is 17.9 Å². The van der Waals surface area contributed by atoms with E-state index in [4.69, 9.17) is 5.11 Å². The molecule has 2 rings (SSSR count). The number of carboxylic acids is 1. The molecule has 1 saturated heterocycles. The number of piperazine rings is 1. The van der Waals surface area contributed by atoms with Gasteiger partial charge in [-0.15, -0.1) is 0 Å². The normalized spacial score (nSPS) is 17.7. The van der Waals surface area contributed by atoms with Gasteiger partial charge in [-0.3, -0.25) is 9.48 Å². The fraction of sp³-hybridized carbons (Fsp3) is 0.692. The van der Waals surface area contributed by atoms with Crippen LogP contribution in [0.25, 0.3) is 0 Å². The van der Waals surface area contributed by atoms with Crippen LogP contribution in [-0.2, 0) is 18.3 Å². The molecule has 1 aliphatic rings. The van der Waals surface area contributed by atoms with Crippen molar-refractivity contribution >= 4 is 5.97 Å². The lowest BCUT2D eigenvalue weighted by atomic mass is 10.2. The fourth-order valence-corrected chi connectivity index (χ4v) is 2.38. The van der Waals surface area contributed by atoms with E-state index < -0.39 is 5.97 Å². The Morgan fingerprint density at radius 3 is 2.42 bits per heavy atom. The van der Waals surface area contributed by atoms with Crippen LogP contribution in [-0.4, -0.2) is 69.9 Å². The van der Waals surface area contributed by atoms with Gasteiger partial charge in [0.25, 0.3) is 0 Å². The van der Waals surface area contributed by atoms with Crippen LogP contribution >= 0.6 is 0 Å². The summed E-state index contributed by atoms with van der Waals surface area (Å²) in [6.07, 6.45) is 5.25. The highest BCUT2D eigenvalue weighted by Crippen LogP contribution is 2.05. The van der Waals surface area contributed by atoms with Crippen molar-refractivity contribution in [2.75, 3.05) is 39.3 Å². The van der Waals surface area contributed by atoms with Gasteiger partial charge in [0.2, 0.25) is 0 Å². The van der Waals surface area contributed by atoms with Gasteiger partial charge < -0.3 is 14.9 Å². The fourth-order valence-electron chi connectivity index (χ4n) is 2.38. The molecule has 0 amide bonds. The first-order chi connectivity index (χ1) is 9.13. The predicted molar refractivity (Wildman–Crippen MR) is 72.0 cm³/mol. The summed E-state index contributed by atoms with van der Waals surface area (Å²) in [5.74, 6) is -0.709. The third-order valence-corrected chi connectivity index (χ3v) is 3.58. The Kier molecular flexibility index (Phi) is 4.93. The minimum absolute atomic E-state index is 0.246. The summed E-state index contributed by atoms with van der Waals surface area (Å²) >= 11 is 0. The molecule has 1 aliphatic heterocycles. The molecule has 106 valence electrons. The van der Waals surface area contributed by atoms with E-state index in [-0.39, 0.29) is 6.42 Å². The van der Waals surface area contributed by atoms with Crippen molar-refractivity contribution in [1.82, 2.24) is 19.6 Å². The molecular weight excluding hydrogens is 244 g/mol. The van der Waals surface area contributed by atoms with Crippen LogP contribution in [0, 0.1) is 0 Å². The lowest BCUT2D eigenvalue weighted by Crippen LogP contribution is -2.47. The van der Waals surface area contributed by atoms with Gasteiger partial charge in [0.15, 0.2) is 0 Å². The number of carbonyl (C=O) groups is 1. The number of hydrogen-bond donors (Lipinski definition) is 1. The summed E-state index contributed by atoms with van der Waals surface area (Å²) in [5, 5.41) is 12.8. The second-order valence-corrected chi connectivity index (χ2v) is 5.10. The average Bonchev–Trinajstić information content (AvgIpc) is 2.81. The summed E-state index contributed by atoms with van der Waals surface area (Å²) in [6.45, 7) is 5.73. The monoisotopic (exact) mass is 266 g/mol. The quantitative estimate of drug-likeness (QED) is 0.788. The lowest BCUT2D eigenvalue weighted by Gasteiger charge is -2.34. The number of hydrogen-bond acceptors (Lipinski definition) is 4. The van der Waals surface area contributed by atoms with Crippen molar-refractivity contribution in [3.05, 3.63) is 18.0 Å². The molecule has 0 unspecified atom stereocenters. The van der Waals surface area contributed by atoms with Crippen molar-refractivity contribution in [2.24, 2.45) is 7.05 Å². The van der Waals surface area contributed by atoms with E-state index in [0.29, 0.717) is 6.54 Å². The highest BCUT2D eigenvalue weighted by Gasteiger charge is 2.17. The van der Waals surface area contributed by atoms with Gasteiger partial charge in [-0.05, 0) is 12.0 Å². The Bertz CT molecular complexity index is 411. The first-order valence-electron chi connectivity index (χ1n) is 6.77. The zero-order valence-electron chi connectivity index (χ0n) is 11.5. The van der Waals surface area contributed by atoms with Crippen molar-refractivity contribution in [2.45, 2.75) is 12.8 Å².